The third-order valence-corrected chi connectivity index (χ3v) is 2.07. The topological polar surface area (TPSA) is 0 Å². The molecule has 0 saturated carbocycles. The fraction of sp³-hybridized carbons (Fsp3) is 0.500. The molecule has 0 aromatic heterocycles. The molecule has 0 fully saturated rings. The van der Waals surface area contributed by atoms with E-state index in [0.29, 0.717) is 5.41 Å². The first-order valence-electron chi connectivity index (χ1n) is 4.47. The van der Waals surface area contributed by atoms with E-state index in [2.05, 4.69) is 61.5 Å². The second kappa shape index (κ2) is 8.70. The molecule has 0 unspecified atom stereocenters. The van der Waals surface area contributed by atoms with Gasteiger partial charge in [0.25, 0.3) is 0 Å². The molecule has 1 aliphatic rings. The summed E-state index contributed by atoms with van der Waals surface area (Å²) in [5.41, 5.74) is 1.65. The molecule has 0 heterocycles. The molecular weight excluding hydrogens is 272 g/mol. The number of rotatable bonds is 1. The Kier molecular flexibility index (Phi) is 10.5. The second-order valence-electron chi connectivity index (χ2n) is 3.89. The van der Waals surface area contributed by atoms with E-state index in [9.17, 15) is 0 Å². The smallest absolute Gasteiger partial charge is 0.0209 e. The molecule has 0 nitrogen and oxygen atoms in total. The summed E-state index contributed by atoms with van der Waals surface area (Å²) in [6, 6.07) is 0. The van der Waals surface area contributed by atoms with Crippen LogP contribution in [0.4, 0.5) is 0 Å². The maximum absolute atomic E-state index is 3.43. The third kappa shape index (κ3) is 7.78. The van der Waals surface area contributed by atoms with Crippen molar-refractivity contribution in [2.75, 3.05) is 5.33 Å². The summed E-state index contributed by atoms with van der Waals surface area (Å²) < 4.78 is 0. The molecule has 0 N–H and O–H groups in total. The minimum Gasteiger partial charge on any atom is -0.269 e. The van der Waals surface area contributed by atoms with Gasteiger partial charge in [0.15, 0.2) is 0 Å². The Bertz CT molecular complexity index is 209. The quantitative estimate of drug-likeness (QED) is 0.292. The van der Waals surface area contributed by atoms with Gasteiger partial charge in [-0.1, -0.05) is 42.8 Å². The van der Waals surface area contributed by atoms with Crippen molar-refractivity contribution < 1.29 is 21.7 Å². The number of hydrogen-bond donors (Lipinski definition) is 0. The van der Waals surface area contributed by atoms with Crippen LogP contribution in [0.2, 0.25) is 0 Å². The molecule has 0 aliphatic heterocycles. The Morgan fingerprint density at radius 3 is 2.21 bits per heavy atom. The first kappa shape index (κ1) is 16.8. The van der Waals surface area contributed by atoms with Gasteiger partial charge < -0.3 is 0 Å². The molecule has 78 valence electrons. The minimum absolute atomic E-state index is 0. The monoisotopic (exact) mass is 289 g/mol. The van der Waals surface area contributed by atoms with Crippen molar-refractivity contribution in [1.82, 2.24) is 0 Å². The van der Waals surface area contributed by atoms with Crippen LogP contribution >= 0.6 is 15.9 Å². The average Bonchev–Trinajstić information content (AvgIpc) is 2.55. The van der Waals surface area contributed by atoms with Gasteiger partial charge in [-0.15, -0.1) is 13.0 Å². The summed E-state index contributed by atoms with van der Waals surface area (Å²) in [4.78, 5) is 0. The van der Waals surface area contributed by atoms with E-state index in [0.717, 1.165) is 11.8 Å². The van der Waals surface area contributed by atoms with E-state index in [-0.39, 0.29) is 21.7 Å². The first-order valence-corrected chi connectivity index (χ1v) is 5.59. The van der Waals surface area contributed by atoms with Gasteiger partial charge in [0.1, 0.15) is 0 Å². The molecule has 0 atom stereocenters. The van der Waals surface area contributed by atoms with Crippen molar-refractivity contribution in [1.29, 1.82) is 0 Å². The van der Waals surface area contributed by atoms with Gasteiger partial charge in [0.2, 0.25) is 0 Å². The van der Waals surface area contributed by atoms with Crippen LogP contribution in [0.25, 0.3) is 0 Å². The predicted molar refractivity (Wildman–Crippen MR) is 64.0 cm³/mol. The van der Waals surface area contributed by atoms with Crippen LogP contribution in [0.15, 0.2) is 30.4 Å². The molecule has 0 bridgehead atoms. The number of alkyl halides is 1. The molecule has 2 heteroatoms. The minimum atomic E-state index is 0. The fourth-order valence-electron chi connectivity index (χ4n) is 0.920. The molecule has 1 rings (SSSR count). The van der Waals surface area contributed by atoms with Crippen LogP contribution < -0.4 is 0 Å². The summed E-state index contributed by atoms with van der Waals surface area (Å²) in [5, 5.41) is 0.896. The van der Waals surface area contributed by atoms with Crippen LogP contribution in [0, 0.1) is 11.5 Å². The Morgan fingerprint density at radius 2 is 2.07 bits per heavy atom. The Labute approximate surface area is 112 Å². The zero-order valence-corrected chi connectivity index (χ0v) is 12.4. The molecular formula is C12H18BrTi-. The standard InChI is InChI=1S/C9H13.C3H5Br.Ti/c1-9(2,3)8-6-4-5-7-8;1-2-3-4;/h4,6H,5H2,1-3H3;2H,1,3H2;/q-1;;. The second-order valence-corrected chi connectivity index (χ2v) is 4.54. The largest absolute Gasteiger partial charge is 0.269 e. The van der Waals surface area contributed by atoms with Crippen LogP contribution in [-0.2, 0) is 21.7 Å². The molecule has 0 radical (unpaired) electrons. The third-order valence-electron chi connectivity index (χ3n) is 1.61. The van der Waals surface area contributed by atoms with Gasteiger partial charge in [0, 0.05) is 27.0 Å². The number of halogens is 1. The van der Waals surface area contributed by atoms with E-state index in [4.69, 9.17) is 0 Å². The molecule has 1 aliphatic carbocycles. The summed E-state index contributed by atoms with van der Waals surface area (Å²) in [6.07, 6.45) is 10.4. The van der Waals surface area contributed by atoms with Crippen LogP contribution in [0.1, 0.15) is 27.2 Å². The normalized spacial score (nSPS) is 13.6. The average molecular weight is 290 g/mol. The number of hydrogen-bond acceptors (Lipinski definition) is 0. The van der Waals surface area contributed by atoms with Crippen LogP contribution in [-0.4, -0.2) is 5.33 Å². The van der Waals surface area contributed by atoms with E-state index in [1.165, 1.54) is 5.57 Å². The fourth-order valence-corrected chi connectivity index (χ4v) is 0.920. The van der Waals surface area contributed by atoms with Gasteiger partial charge in [-0.25, -0.2) is 11.6 Å². The van der Waals surface area contributed by atoms with E-state index in [1.807, 2.05) is 0 Å². The summed E-state index contributed by atoms with van der Waals surface area (Å²) >= 11 is 3.13. The number of allylic oxidation sites excluding steroid dienone is 5. The molecule has 0 saturated heterocycles. The Hall–Kier alpha value is 0.414. The van der Waals surface area contributed by atoms with Crippen molar-refractivity contribution in [3.63, 3.8) is 0 Å². The maximum Gasteiger partial charge on any atom is 0.0209 e. The first-order chi connectivity index (χ1) is 6.02. The zero-order chi connectivity index (χ0) is 10.3. The van der Waals surface area contributed by atoms with E-state index >= 15 is 0 Å². The van der Waals surface area contributed by atoms with Crippen molar-refractivity contribution in [2.24, 2.45) is 5.41 Å². The maximum atomic E-state index is 3.43. The van der Waals surface area contributed by atoms with Gasteiger partial charge in [0.05, 0.1) is 0 Å². The predicted octanol–water partition coefficient (Wildman–Crippen LogP) is 4.29. The van der Waals surface area contributed by atoms with Crippen molar-refractivity contribution in [3.8, 4) is 0 Å². The van der Waals surface area contributed by atoms with Crippen molar-refractivity contribution in [3.05, 3.63) is 36.5 Å². The Balaban J connectivity index is 0. The molecule has 0 spiro atoms. The van der Waals surface area contributed by atoms with E-state index in [1.54, 1.807) is 6.08 Å². The van der Waals surface area contributed by atoms with Gasteiger partial charge in [-0.05, 0) is 5.41 Å². The SMILES string of the molecule is C=CCBr.CC(C)(C)C1=[C-]CC=C1.[Ti]. The van der Waals surface area contributed by atoms with Crippen LogP contribution in [0.3, 0.4) is 0 Å². The van der Waals surface area contributed by atoms with Gasteiger partial charge in [-0.3, -0.25) is 6.08 Å². The molecule has 0 aromatic rings. The summed E-state index contributed by atoms with van der Waals surface area (Å²) in [6.45, 7) is 10.1. The summed E-state index contributed by atoms with van der Waals surface area (Å²) in [7, 11) is 0. The van der Waals surface area contributed by atoms with Crippen molar-refractivity contribution in [2.45, 2.75) is 27.2 Å². The van der Waals surface area contributed by atoms with E-state index < -0.39 is 0 Å². The summed E-state index contributed by atoms with van der Waals surface area (Å²) in [5.74, 6) is 0. The van der Waals surface area contributed by atoms with Crippen molar-refractivity contribution >= 4 is 15.9 Å². The molecule has 0 amide bonds. The molecule has 0 aromatic carbocycles. The Morgan fingerprint density at radius 1 is 1.57 bits per heavy atom. The zero-order valence-electron chi connectivity index (χ0n) is 9.23. The van der Waals surface area contributed by atoms with Gasteiger partial charge in [-0.2, -0.15) is 6.08 Å². The molecule has 14 heavy (non-hydrogen) atoms. The van der Waals surface area contributed by atoms with Crippen LogP contribution in [0.5, 0.6) is 0 Å². The van der Waals surface area contributed by atoms with Gasteiger partial charge >= 0.3 is 0 Å².